The van der Waals surface area contributed by atoms with Crippen molar-refractivity contribution in [2.75, 3.05) is 16.8 Å². The standard InChI is InChI=1S/C12H11F2NO5S/c13-8-3-7(12(17)18)10(4-9(8)14)15-11(16)6-1-2-21(19,20)5-6/h3-4,6H,1-2,5H2,(H,15,16)(H,17,18). The normalized spacial score (nSPS) is 20.2. The van der Waals surface area contributed by atoms with Gasteiger partial charge in [-0.3, -0.25) is 4.79 Å². The highest BCUT2D eigenvalue weighted by molar-refractivity contribution is 7.91. The lowest BCUT2D eigenvalue weighted by Gasteiger charge is -2.12. The van der Waals surface area contributed by atoms with Gasteiger partial charge < -0.3 is 10.4 Å². The van der Waals surface area contributed by atoms with E-state index in [0.717, 1.165) is 0 Å². The first-order valence-electron chi connectivity index (χ1n) is 5.93. The summed E-state index contributed by atoms with van der Waals surface area (Å²) in [5.74, 6) is -6.24. The predicted molar refractivity (Wildman–Crippen MR) is 68.7 cm³/mol. The highest BCUT2D eigenvalue weighted by Crippen LogP contribution is 2.24. The molecule has 0 aromatic heterocycles. The molecule has 2 rings (SSSR count). The molecule has 1 aromatic rings. The Balaban J connectivity index is 2.25. The van der Waals surface area contributed by atoms with E-state index in [4.69, 9.17) is 5.11 Å². The molecule has 1 heterocycles. The molecular formula is C12H11F2NO5S. The van der Waals surface area contributed by atoms with E-state index >= 15 is 0 Å². The van der Waals surface area contributed by atoms with Crippen molar-refractivity contribution in [1.82, 2.24) is 0 Å². The summed E-state index contributed by atoms with van der Waals surface area (Å²) in [6.07, 6.45) is 0.111. The Morgan fingerprint density at radius 1 is 1.24 bits per heavy atom. The third-order valence-corrected chi connectivity index (χ3v) is 4.92. The fourth-order valence-corrected chi connectivity index (χ4v) is 3.81. The second kappa shape index (κ2) is 5.40. The third-order valence-electron chi connectivity index (χ3n) is 3.15. The van der Waals surface area contributed by atoms with Gasteiger partial charge in [-0.25, -0.2) is 22.0 Å². The number of anilines is 1. The Bertz CT molecular complexity index is 717. The molecule has 21 heavy (non-hydrogen) atoms. The number of aromatic carboxylic acids is 1. The molecule has 114 valence electrons. The average Bonchev–Trinajstić information content (AvgIpc) is 2.73. The molecule has 2 N–H and O–H groups in total. The fourth-order valence-electron chi connectivity index (χ4n) is 2.06. The van der Waals surface area contributed by atoms with Crippen LogP contribution in [0, 0.1) is 17.6 Å². The molecule has 1 amide bonds. The van der Waals surface area contributed by atoms with E-state index in [9.17, 15) is 26.8 Å². The summed E-state index contributed by atoms with van der Waals surface area (Å²) in [5.41, 5.74) is -1.01. The second-order valence-electron chi connectivity index (χ2n) is 4.71. The highest BCUT2D eigenvalue weighted by atomic mass is 32.2. The number of sulfone groups is 1. The fraction of sp³-hybridized carbons (Fsp3) is 0.333. The Morgan fingerprint density at radius 3 is 2.38 bits per heavy atom. The van der Waals surface area contributed by atoms with Gasteiger partial charge >= 0.3 is 5.97 Å². The molecular weight excluding hydrogens is 308 g/mol. The zero-order valence-electron chi connectivity index (χ0n) is 10.6. The summed E-state index contributed by atoms with van der Waals surface area (Å²) in [6.45, 7) is 0. The van der Waals surface area contributed by atoms with Crippen LogP contribution in [0.15, 0.2) is 12.1 Å². The minimum atomic E-state index is -3.29. The van der Waals surface area contributed by atoms with E-state index in [1.807, 2.05) is 0 Å². The average molecular weight is 319 g/mol. The molecule has 1 unspecified atom stereocenters. The van der Waals surface area contributed by atoms with Crippen molar-refractivity contribution >= 4 is 27.4 Å². The number of amides is 1. The van der Waals surface area contributed by atoms with E-state index < -0.39 is 50.5 Å². The molecule has 9 heteroatoms. The summed E-state index contributed by atoms with van der Waals surface area (Å²) in [4.78, 5) is 22.8. The number of carbonyl (C=O) groups excluding carboxylic acids is 1. The Labute approximate surface area is 118 Å². The SMILES string of the molecule is O=C(O)c1cc(F)c(F)cc1NC(=O)C1CCS(=O)(=O)C1. The van der Waals surface area contributed by atoms with Crippen LogP contribution in [0.2, 0.25) is 0 Å². The van der Waals surface area contributed by atoms with Gasteiger partial charge in [-0.1, -0.05) is 0 Å². The van der Waals surface area contributed by atoms with E-state index in [2.05, 4.69) is 5.32 Å². The third kappa shape index (κ3) is 3.35. The summed E-state index contributed by atoms with van der Waals surface area (Å²) < 4.78 is 48.8. The molecule has 0 spiro atoms. The quantitative estimate of drug-likeness (QED) is 0.867. The Morgan fingerprint density at radius 2 is 1.86 bits per heavy atom. The van der Waals surface area contributed by atoms with Gasteiger partial charge in [-0.2, -0.15) is 0 Å². The van der Waals surface area contributed by atoms with E-state index in [0.29, 0.717) is 12.1 Å². The number of nitrogens with one attached hydrogen (secondary N) is 1. The van der Waals surface area contributed by atoms with Gasteiger partial charge in [0.15, 0.2) is 21.5 Å². The van der Waals surface area contributed by atoms with Gasteiger partial charge in [-0.15, -0.1) is 0 Å². The van der Waals surface area contributed by atoms with Gasteiger partial charge in [-0.05, 0) is 12.5 Å². The Kier molecular flexibility index (Phi) is 3.95. The van der Waals surface area contributed by atoms with Crippen molar-refractivity contribution in [1.29, 1.82) is 0 Å². The smallest absolute Gasteiger partial charge is 0.337 e. The first-order chi connectivity index (χ1) is 9.69. The molecule has 0 saturated carbocycles. The van der Waals surface area contributed by atoms with Crippen molar-refractivity contribution in [2.24, 2.45) is 5.92 Å². The molecule has 1 aromatic carbocycles. The lowest BCUT2D eigenvalue weighted by Crippen LogP contribution is -2.25. The number of carboxylic acids is 1. The molecule has 1 atom stereocenters. The van der Waals surface area contributed by atoms with Crippen LogP contribution in [0.1, 0.15) is 16.8 Å². The molecule has 0 bridgehead atoms. The zero-order chi connectivity index (χ0) is 15.8. The first-order valence-corrected chi connectivity index (χ1v) is 7.75. The van der Waals surface area contributed by atoms with Crippen LogP contribution in [0.5, 0.6) is 0 Å². The molecule has 0 aliphatic carbocycles. The number of carboxylic acid groups (broad SMARTS) is 1. The van der Waals surface area contributed by atoms with Gasteiger partial charge in [0, 0.05) is 6.07 Å². The lowest BCUT2D eigenvalue weighted by atomic mass is 10.1. The van der Waals surface area contributed by atoms with Crippen LogP contribution in [-0.2, 0) is 14.6 Å². The minimum Gasteiger partial charge on any atom is -0.478 e. The van der Waals surface area contributed by atoms with Crippen molar-refractivity contribution in [3.05, 3.63) is 29.3 Å². The predicted octanol–water partition coefficient (Wildman–Crippen LogP) is 1.04. The van der Waals surface area contributed by atoms with Crippen molar-refractivity contribution in [2.45, 2.75) is 6.42 Å². The van der Waals surface area contributed by atoms with Crippen LogP contribution < -0.4 is 5.32 Å². The maximum atomic E-state index is 13.2. The number of hydrogen-bond donors (Lipinski definition) is 2. The topological polar surface area (TPSA) is 101 Å². The summed E-state index contributed by atoms with van der Waals surface area (Å²) in [5, 5.41) is 11.1. The highest BCUT2D eigenvalue weighted by Gasteiger charge is 2.33. The lowest BCUT2D eigenvalue weighted by molar-refractivity contribution is -0.119. The maximum absolute atomic E-state index is 13.2. The van der Waals surface area contributed by atoms with Gasteiger partial charge in [0.05, 0.1) is 28.7 Å². The van der Waals surface area contributed by atoms with E-state index in [1.165, 1.54) is 0 Å². The molecule has 0 radical (unpaired) electrons. The number of carbonyl (C=O) groups is 2. The maximum Gasteiger partial charge on any atom is 0.337 e. The number of benzene rings is 1. The molecule has 6 nitrogen and oxygen atoms in total. The van der Waals surface area contributed by atoms with Crippen LogP contribution in [0.4, 0.5) is 14.5 Å². The second-order valence-corrected chi connectivity index (χ2v) is 6.93. The van der Waals surface area contributed by atoms with Crippen LogP contribution in [0.3, 0.4) is 0 Å². The molecule has 1 saturated heterocycles. The van der Waals surface area contributed by atoms with Crippen molar-refractivity contribution in [3.8, 4) is 0 Å². The summed E-state index contributed by atoms with van der Waals surface area (Å²) in [7, 11) is -3.29. The van der Waals surface area contributed by atoms with Crippen molar-refractivity contribution in [3.63, 3.8) is 0 Å². The molecule has 1 fully saturated rings. The van der Waals surface area contributed by atoms with Crippen molar-refractivity contribution < 1.29 is 31.9 Å². The number of hydrogen-bond acceptors (Lipinski definition) is 4. The number of halogens is 2. The summed E-state index contributed by atoms with van der Waals surface area (Å²) in [6, 6.07) is 1.01. The Hall–Kier alpha value is -2.03. The summed E-state index contributed by atoms with van der Waals surface area (Å²) >= 11 is 0. The molecule has 1 aliphatic heterocycles. The zero-order valence-corrected chi connectivity index (χ0v) is 11.4. The van der Waals surface area contributed by atoms with E-state index in [1.54, 1.807) is 0 Å². The molecule has 1 aliphatic rings. The van der Waals surface area contributed by atoms with Gasteiger partial charge in [0.2, 0.25) is 5.91 Å². The largest absolute Gasteiger partial charge is 0.478 e. The van der Waals surface area contributed by atoms with Crippen LogP contribution >= 0.6 is 0 Å². The van der Waals surface area contributed by atoms with Crippen LogP contribution in [0.25, 0.3) is 0 Å². The monoisotopic (exact) mass is 319 g/mol. The number of rotatable bonds is 3. The van der Waals surface area contributed by atoms with Gasteiger partial charge in [0.1, 0.15) is 0 Å². The minimum absolute atomic E-state index is 0.111. The first kappa shape index (κ1) is 15.4. The van der Waals surface area contributed by atoms with Gasteiger partial charge in [0.25, 0.3) is 0 Å². The van der Waals surface area contributed by atoms with E-state index in [-0.39, 0.29) is 17.9 Å². The van der Waals surface area contributed by atoms with Crippen LogP contribution in [-0.4, -0.2) is 36.9 Å².